The van der Waals surface area contributed by atoms with Gasteiger partial charge < -0.3 is 15.6 Å². The highest BCUT2D eigenvalue weighted by Crippen LogP contribution is 2.05. The van der Waals surface area contributed by atoms with E-state index in [4.69, 9.17) is 0 Å². The van der Waals surface area contributed by atoms with Crippen LogP contribution in [0.5, 0.6) is 0 Å². The molecule has 0 fully saturated rings. The molecule has 126 valence electrons. The van der Waals surface area contributed by atoms with Gasteiger partial charge in [-0.1, -0.05) is 19.9 Å². The van der Waals surface area contributed by atoms with E-state index in [0.717, 1.165) is 31.9 Å². The molecule has 0 bridgehead atoms. The molecule has 0 aromatic rings. The van der Waals surface area contributed by atoms with Crippen LogP contribution in [0.4, 0.5) is 0 Å². The summed E-state index contributed by atoms with van der Waals surface area (Å²) in [6.07, 6.45) is 8.44. The molecule has 1 rings (SSSR count). The highest BCUT2D eigenvalue weighted by atomic mass is 15.5. The van der Waals surface area contributed by atoms with Crippen molar-refractivity contribution >= 4 is 5.71 Å². The lowest BCUT2D eigenvalue weighted by Crippen LogP contribution is -2.48. The lowest BCUT2D eigenvalue weighted by Gasteiger charge is -2.27. The van der Waals surface area contributed by atoms with Crippen LogP contribution in [0.15, 0.2) is 29.4 Å². The van der Waals surface area contributed by atoms with E-state index in [2.05, 4.69) is 59.1 Å². The molecule has 22 heavy (non-hydrogen) atoms. The van der Waals surface area contributed by atoms with Crippen LogP contribution in [0, 0.1) is 5.92 Å². The summed E-state index contributed by atoms with van der Waals surface area (Å²) in [5, 5.41) is 9.13. The third kappa shape index (κ3) is 7.20. The molecule has 0 radical (unpaired) electrons. The minimum Gasteiger partial charge on any atom is -0.315 e. The number of hydrogen-bond donors (Lipinski definition) is 3. The fourth-order valence-electron chi connectivity index (χ4n) is 2.30. The summed E-state index contributed by atoms with van der Waals surface area (Å²) < 4.78 is 0. The number of rotatable bonds is 10. The normalized spacial score (nSPS) is 20.5. The fraction of sp³-hybridized carbons (Fsp3) is 0.706. The summed E-state index contributed by atoms with van der Waals surface area (Å²) >= 11 is 0. The maximum Gasteiger partial charge on any atom is 0.0584 e. The Morgan fingerprint density at radius 2 is 2.09 bits per heavy atom. The molecule has 2 unspecified atom stereocenters. The number of hydrogen-bond acceptors (Lipinski definition) is 5. The number of allylic oxidation sites excluding steroid dienone is 1. The average molecular weight is 307 g/mol. The summed E-state index contributed by atoms with van der Waals surface area (Å²) in [4.78, 5) is 4.25. The number of nitrogens with zero attached hydrogens (tertiary/aromatic N) is 2. The summed E-state index contributed by atoms with van der Waals surface area (Å²) in [5.41, 5.74) is 4.60. The Morgan fingerprint density at radius 1 is 1.32 bits per heavy atom. The summed E-state index contributed by atoms with van der Waals surface area (Å²) in [5.74, 6) is 0.691. The number of hydrazine groups is 1. The van der Waals surface area contributed by atoms with Crippen LogP contribution in [-0.2, 0) is 0 Å². The van der Waals surface area contributed by atoms with E-state index < -0.39 is 0 Å². The minimum absolute atomic E-state index is 0.386. The van der Waals surface area contributed by atoms with Gasteiger partial charge in [0.2, 0.25) is 0 Å². The molecule has 0 aromatic heterocycles. The van der Waals surface area contributed by atoms with Crippen molar-refractivity contribution in [2.24, 2.45) is 10.9 Å². The Kier molecular flexibility index (Phi) is 9.04. The van der Waals surface area contributed by atoms with E-state index in [0.29, 0.717) is 18.0 Å². The van der Waals surface area contributed by atoms with Crippen molar-refractivity contribution < 1.29 is 0 Å². The second kappa shape index (κ2) is 10.5. The van der Waals surface area contributed by atoms with E-state index in [9.17, 15) is 0 Å². The zero-order valence-electron chi connectivity index (χ0n) is 14.8. The molecule has 5 heteroatoms. The van der Waals surface area contributed by atoms with Crippen molar-refractivity contribution in [2.75, 3.05) is 33.2 Å². The van der Waals surface area contributed by atoms with Crippen LogP contribution < -0.4 is 16.1 Å². The van der Waals surface area contributed by atoms with Crippen LogP contribution in [0.25, 0.3) is 0 Å². The number of nitrogens with one attached hydrogen (secondary N) is 3. The van der Waals surface area contributed by atoms with Gasteiger partial charge in [-0.3, -0.25) is 4.99 Å². The van der Waals surface area contributed by atoms with E-state index in [1.165, 1.54) is 0 Å². The van der Waals surface area contributed by atoms with Crippen molar-refractivity contribution in [2.45, 2.75) is 39.8 Å². The van der Waals surface area contributed by atoms with Crippen molar-refractivity contribution in [3.8, 4) is 0 Å². The fourth-order valence-corrected chi connectivity index (χ4v) is 2.30. The molecule has 1 aliphatic heterocycles. The molecule has 0 spiro atoms. The monoisotopic (exact) mass is 307 g/mol. The molecule has 1 aliphatic rings. The van der Waals surface area contributed by atoms with Crippen molar-refractivity contribution in [3.05, 3.63) is 24.4 Å². The predicted molar refractivity (Wildman–Crippen MR) is 96.1 cm³/mol. The zero-order chi connectivity index (χ0) is 16.4. The zero-order valence-corrected chi connectivity index (χ0v) is 14.8. The summed E-state index contributed by atoms with van der Waals surface area (Å²) in [7, 11) is 1.83. The van der Waals surface area contributed by atoms with Crippen LogP contribution in [0.3, 0.4) is 0 Å². The van der Waals surface area contributed by atoms with Crippen LogP contribution in [0.2, 0.25) is 0 Å². The lowest BCUT2D eigenvalue weighted by molar-refractivity contribution is 0.207. The van der Waals surface area contributed by atoms with Gasteiger partial charge >= 0.3 is 0 Å². The van der Waals surface area contributed by atoms with Gasteiger partial charge in [0.15, 0.2) is 0 Å². The largest absolute Gasteiger partial charge is 0.315 e. The van der Waals surface area contributed by atoms with Gasteiger partial charge in [0.25, 0.3) is 0 Å². The standard InChI is InChI=1S/C17H33N5/c1-6-7-16(18-5)12-20-11-15(4)22-9-8-17(21-22)13-19-10-14(2)3/h6-9,14-15,17,19-21H,10-13H2,1-5H3/b7-6-,18-16+. The average Bonchev–Trinajstić information content (AvgIpc) is 2.94. The third-order valence-corrected chi connectivity index (χ3v) is 3.58. The molecule has 1 heterocycles. The first kappa shape index (κ1) is 18.9. The third-order valence-electron chi connectivity index (χ3n) is 3.58. The van der Waals surface area contributed by atoms with Crippen molar-refractivity contribution in [1.82, 2.24) is 21.1 Å². The molecule has 3 N–H and O–H groups in total. The highest BCUT2D eigenvalue weighted by molar-refractivity contribution is 5.96. The van der Waals surface area contributed by atoms with E-state index in [1.54, 1.807) is 0 Å². The van der Waals surface area contributed by atoms with Gasteiger partial charge in [0.1, 0.15) is 0 Å². The molecule has 0 amide bonds. The van der Waals surface area contributed by atoms with E-state index in [-0.39, 0.29) is 0 Å². The van der Waals surface area contributed by atoms with Crippen LogP contribution >= 0.6 is 0 Å². The van der Waals surface area contributed by atoms with Gasteiger partial charge in [0.05, 0.1) is 12.1 Å². The number of aliphatic imine (C=N–C) groups is 1. The Balaban J connectivity index is 2.22. The highest BCUT2D eigenvalue weighted by Gasteiger charge is 2.18. The Morgan fingerprint density at radius 3 is 2.73 bits per heavy atom. The Labute approximate surface area is 135 Å². The molecule has 0 saturated heterocycles. The first-order chi connectivity index (χ1) is 10.6. The van der Waals surface area contributed by atoms with Gasteiger partial charge in [-0.15, -0.1) is 0 Å². The smallest absolute Gasteiger partial charge is 0.0584 e. The summed E-state index contributed by atoms with van der Waals surface area (Å²) in [6.45, 7) is 12.4. The topological polar surface area (TPSA) is 51.7 Å². The quantitative estimate of drug-likeness (QED) is 0.536. The molecule has 5 nitrogen and oxygen atoms in total. The Bertz CT molecular complexity index is 387. The lowest BCUT2D eigenvalue weighted by atomic mass is 10.2. The minimum atomic E-state index is 0.386. The van der Waals surface area contributed by atoms with Crippen LogP contribution in [-0.4, -0.2) is 56.0 Å². The second-order valence-corrected chi connectivity index (χ2v) is 6.23. The maximum atomic E-state index is 4.25. The van der Waals surface area contributed by atoms with Gasteiger partial charge in [-0.05, 0) is 38.5 Å². The first-order valence-electron chi connectivity index (χ1n) is 8.29. The molecule has 0 saturated carbocycles. The molecule has 2 atom stereocenters. The summed E-state index contributed by atoms with van der Waals surface area (Å²) in [6, 6.07) is 0.784. The predicted octanol–water partition coefficient (Wildman–Crippen LogP) is 1.56. The van der Waals surface area contributed by atoms with Crippen LogP contribution in [0.1, 0.15) is 27.7 Å². The van der Waals surface area contributed by atoms with Gasteiger partial charge in [0, 0.05) is 38.6 Å². The molecular weight excluding hydrogens is 274 g/mol. The van der Waals surface area contributed by atoms with Crippen molar-refractivity contribution in [1.29, 1.82) is 0 Å². The second-order valence-electron chi connectivity index (χ2n) is 6.23. The first-order valence-corrected chi connectivity index (χ1v) is 8.29. The maximum absolute atomic E-state index is 4.25. The molecular formula is C17H33N5. The van der Waals surface area contributed by atoms with Gasteiger partial charge in [-0.25, -0.2) is 5.43 Å². The molecule has 0 aliphatic carbocycles. The van der Waals surface area contributed by atoms with E-state index >= 15 is 0 Å². The molecule has 0 aromatic carbocycles. The van der Waals surface area contributed by atoms with E-state index in [1.807, 2.05) is 26.1 Å². The van der Waals surface area contributed by atoms with Gasteiger partial charge in [-0.2, -0.15) is 0 Å². The SMILES string of the molecule is C/C=C\C(CNCC(C)N1C=CC(CNCC(C)C)N1)=N/C. The Hall–Kier alpha value is -1.17. The van der Waals surface area contributed by atoms with Crippen molar-refractivity contribution in [3.63, 3.8) is 0 Å².